The highest BCUT2D eigenvalue weighted by Crippen LogP contribution is 2.17. The second-order valence-corrected chi connectivity index (χ2v) is 5.49. The van der Waals surface area contributed by atoms with Crippen molar-refractivity contribution in [2.45, 2.75) is 45.6 Å². The molecule has 1 atom stereocenters. The molecule has 20 heavy (non-hydrogen) atoms. The molecule has 1 aromatic heterocycles. The number of carbonyl (C=O) groups excluding carboxylic acids is 1. The molecule has 112 valence electrons. The van der Waals surface area contributed by atoms with Crippen LogP contribution in [0.2, 0.25) is 0 Å². The molecule has 0 aromatic carbocycles. The second kappa shape index (κ2) is 6.40. The van der Waals surface area contributed by atoms with Crippen molar-refractivity contribution in [3.8, 4) is 0 Å². The summed E-state index contributed by atoms with van der Waals surface area (Å²) in [5, 5.41) is 11.4. The maximum atomic E-state index is 11.4. The average Bonchev–Trinajstić information content (AvgIpc) is 2.75. The molecule has 7 heteroatoms. The van der Waals surface area contributed by atoms with E-state index in [4.69, 9.17) is 14.3 Å². The molecule has 0 aliphatic carbocycles. The number of oxazole rings is 1. The number of amides is 1. The molecule has 0 spiro atoms. The number of carboxylic acid groups (broad SMARTS) is 1. The summed E-state index contributed by atoms with van der Waals surface area (Å²) >= 11 is 0. The molecule has 0 fully saturated rings. The number of rotatable bonds is 5. The summed E-state index contributed by atoms with van der Waals surface area (Å²) < 4.78 is 10.2. The minimum Gasteiger partial charge on any atom is -0.476 e. The summed E-state index contributed by atoms with van der Waals surface area (Å²) in [5.74, 6) is -0.884. The van der Waals surface area contributed by atoms with Crippen LogP contribution in [0.3, 0.4) is 0 Å². The zero-order chi connectivity index (χ0) is 15.3. The van der Waals surface area contributed by atoms with Crippen molar-refractivity contribution < 1.29 is 23.8 Å². The fourth-order valence-corrected chi connectivity index (χ4v) is 1.44. The van der Waals surface area contributed by atoms with Crippen LogP contribution in [0.4, 0.5) is 4.79 Å². The summed E-state index contributed by atoms with van der Waals surface area (Å²) in [5.41, 5.74) is -0.652. The topological polar surface area (TPSA) is 102 Å². The summed E-state index contributed by atoms with van der Waals surface area (Å²) in [6.45, 7) is 7.59. The summed E-state index contributed by atoms with van der Waals surface area (Å²) in [4.78, 5) is 26.0. The van der Waals surface area contributed by atoms with Crippen LogP contribution in [0.15, 0.2) is 10.7 Å². The maximum absolute atomic E-state index is 11.4. The zero-order valence-electron chi connectivity index (χ0n) is 12.1. The molecule has 0 saturated carbocycles. The number of nitrogens with one attached hydrogen (secondary N) is 1. The highest BCUT2D eigenvalue weighted by Gasteiger charge is 2.18. The number of carboxylic acids is 1. The minimum absolute atomic E-state index is 0.0990. The maximum Gasteiger partial charge on any atom is 0.407 e. The van der Waals surface area contributed by atoms with E-state index in [1.807, 2.05) is 6.92 Å². The Kier molecular flexibility index (Phi) is 5.12. The Bertz CT molecular complexity index is 475. The van der Waals surface area contributed by atoms with E-state index in [0.29, 0.717) is 18.9 Å². The molecule has 1 unspecified atom stereocenters. The predicted molar refractivity (Wildman–Crippen MR) is 70.7 cm³/mol. The smallest absolute Gasteiger partial charge is 0.407 e. The number of alkyl carbamates (subject to hydrolysis) is 1. The summed E-state index contributed by atoms with van der Waals surface area (Å²) in [7, 11) is 0. The van der Waals surface area contributed by atoms with E-state index in [2.05, 4.69) is 10.3 Å². The molecule has 0 radical (unpaired) electrons. The molecule has 1 amide bonds. The molecule has 0 aliphatic heterocycles. The van der Waals surface area contributed by atoms with E-state index in [9.17, 15) is 9.59 Å². The fraction of sp³-hybridized carbons (Fsp3) is 0.615. The number of aromatic nitrogens is 1. The van der Waals surface area contributed by atoms with Gasteiger partial charge in [-0.25, -0.2) is 14.6 Å². The van der Waals surface area contributed by atoms with E-state index >= 15 is 0 Å². The van der Waals surface area contributed by atoms with Crippen LogP contribution >= 0.6 is 0 Å². The number of carbonyl (C=O) groups is 2. The molecular formula is C13H20N2O5. The van der Waals surface area contributed by atoms with E-state index in [0.717, 1.165) is 6.26 Å². The third-order valence-electron chi connectivity index (χ3n) is 2.41. The van der Waals surface area contributed by atoms with Gasteiger partial charge in [-0.3, -0.25) is 0 Å². The van der Waals surface area contributed by atoms with Crippen LogP contribution in [0.1, 0.15) is 56.4 Å². The van der Waals surface area contributed by atoms with Gasteiger partial charge < -0.3 is 19.6 Å². The molecule has 0 bridgehead atoms. The van der Waals surface area contributed by atoms with Gasteiger partial charge in [0.1, 0.15) is 11.9 Å². The molecule has 7 nitrogen and oxygen atoms in total. The van der Waals surface area contributed by atoms with Gasteiger partial charge in [0, 0.05) is 12.5 Å². The van der Waals surface area contributed by atoms with Crippen LogP contribution < -0.4 is 5.32 Å². The Morgan fingerprint density at radius 1 is 1.50 bits per heavy atom. The number of ether oxygens (including phenoxy) is 1. The monoisotopic (exact) mass is 284 g/mol. The number of nitrogens with zero attached hydrogens (tertiary/aromatic N) is 1. The van der Waals surface area contributed by atoms with Gasteiger partial charge in [0.25, 0.3) is 0 Å². The van der Waals surface area contributed by atoms with Crippen molar-refractivity contribution >= 4 is 12.1 Å². The molecule has 2 N–H and O–H groups in total. The first-order valence-electron chi connectivity index (χ1n) is 6.34. The quantitative estimate of drug-likeness (QED) is 0.860. The Labute approximate surface area is 117 Å². The normalized spacial score (nSPS) is 12.8. The van der Waals surface area contributed by atoms with Crippen molar-refractivity contribution in [3.63, 3.8) is 0 Å². The van der Waals surface area contributed by atoms with Gasteiger partial charge in [0.2, 0.25) is 0 Å². The largest absolute Gasteiger partial charge is 0.476 e. The van der Waals surface area contributed by atoms with Crippen LogP contribution in [-0.2, 0) is 4.74 Å². The van der Waals surface area contributed by atoms with Crippen molar-refractivity contribution in [2.75, 3.05) is 6.54 Å². The van der Waals surface area contributed by atoms with E-state index in [1.165, 1.54) is 0 Å². The highest BCUT2D eigenvalue weighted by molar-refractivity contribution is 5.84. The average molecular weight is 284 g/mol. The number of hydrogen-bond acceptors (Lipinski definition) is 5. The predicted octanol–water partition coefficient (Wildman–Crippen LogP) is 2.39. The SMILES string of the molecule is CC(CCNC(=O)OC(C)(C)C)c1nc(C(=O)O)co1. The lowest BCUT2D eigenvalue weighted by atomic mass is 10.1. The van der Waals surface area contributed by atoms with Crippen molar-refractivity contribution in [1.29, 1.82) is 0 Å². The van der Waals surface area contributed by atoms with Crippen molar-refractivity contribution in [1.82, 2.24) is 10.3 Å². The van der Waals surface area contributed by atoms with Crippen molar-refractivity contribution in [3.05, 3.63) is 17.8 Å². The Hall–Kier alpha value is -2.05. The van der Waals surface area contributed by atoms with Crippen molar-refractivity contribution in [2.24, 2.45) is 0 Å². The minimum atomic E-state index is -1.13. The number of hydrogen-bond donors (Lipinski definition) is 2. The van der Waals surface area contributed by atoms with Gasteiger partial charge in [0.15, 0.2) is 11.6 Å². The molecule has 1 heterocycles. The lowest BCUT2D eigenvalue weighted by Gasteiger charge is -2.19. The second-order valence-electron chi connectivity index (χ2n) is 5.49. The first-order chi connectivity index (χ1) is 9.19. The Morgan fingerprint density at radius 2 is 2.15 bits per heavy atom. The Morgan fingerprint density at radius 3 is 2.65 bits per heavy atom. The third-order valence-corrected chi connectivity index (χ3v) is 2.41. The molecular weight excluding hydrogens is 264 g/mol. The first kappa shape index (κ1) is 16.0. The standard InChI is InChI=1S/C13H20N2O5/c1-8(10-15-9(7-19-10)11(16)17)5-6-14-12(18)20-13(2,3)4/h7-8H,5-6H2,1-4H3,(H,14,18)(H,16,17). The van der Waals surface area contributed by atoms with Crippen LogP contribution in [0.5, 0.6) is 0 Å². The van der Waals surface area contributed by atoms with E-state index in [-0.39, 0.29) is 11.6 Å². The third kappa shape index (κ3) is 5.29. The lowest BCUT2D eigenvalue weighted by molar-refractivity contribution is 0.0525. The van der Waals surface area contributed by atoms with Crippen LogP contribution in [-0.4, -0.2) is 34.3 Å². The summed E-state index contributed by atoms with van der Waals surface area (Å²) in [6, 6.07) is 0. The van der Waals surface area contributed by atoms with Gasteiger partial charge in [-0.2, -0.15) is 0 Å². The van der Waals surface area contributed by atoms with Crippen LogP contribution in [0.25, 0.3) is 0 Å². The highest BCUT2D eigenvalue weighted by atomic mass is 16.6. The molecule has 0 saturated heterocycles. The number of aromatic carboxylic acids is 1. The summed E-state index contributed by atoms with van der Waals surface area (Å²) in [6.07, 6.45) is 1.19. The molecule has 0 aliphatic rings. The van der Waals surface area contributed by atoms with Gasteiger partial charge in [-0.15, -0.1) is 0 Å². The van der Waals surface area contributed by atoms with Gasteiger partial charge in [-0.1, -0.05) is 6.92 Å². The Balaban J connectivity index is 2.38. The fourth-order valence-electron chi connectivity index (χ4n) is 1.44. The van der Waals surface area contributed by atoms with E-state index < -0.39 is 17.7 Å². The van der Waals surface area contributed by atoms with E-state index in [1.54, 1.807) is 20.8 Å². The van der Waals surface area contributed by atoms with Gasteiger partial charge in [-0.05, 0) is 27.2 Å². The van der Waals surface area contributed by atoms with Gasteiger partial charge in [0.05, 0.1) is 0 Å². The van der Waals surface area contributed by atoms with Crippen LogP contribution in [0, 0.1) is 0 Å². The first-order valence-corrected chi connectivity index (χ1v) is 6.34. The zero-order valence-corrected chi connectivity index (χ0v) is 12.1. The molecule has 1 aromatic rings. The van der Waals surface area contributed by atoms with Gasteiger partial charge >= 0.3 is 12.1 Å². The lowest BCUT2D eigenvalue weighted by Crippen LogP contribution is -2.33. The molecule has 1 rings (SSSR count).